The monoisotopic (exact) mass is 361 g/mol. The van der Waals surface area contributed by atoms with Crippen molar-refractivity contribution < 1.29 is 27.8 Å². The van der Waals surface area contributed by atoms with Gasteiger partial charge in [0.2, 0.25) is 0 Å². The Morgan fingerprint density at radius 3 is 2.42 bits per heavy atom. The van der Waals surface area contributed by atoms with Crippen LogP contribution in [0.2, 0.25) is 0 Å². The van der Waals surface area contributed by atoms with Crippen LogP contribution in [0.5, 0.6) is 5.75 Å². The number of hydrogen-bond donors (Lipinski definition) is 1. The largest absolute Gasteiger partial charge is 0.573 e. The Morgan fingerprint density at radius 2 is 1.81 bits per heavy atom. The molecule has 7 heteroatoms. The van der Waals surface area contributed by atoms with Gasteiger partial charge in [0.05, 0.1) is 16.8 Å². The molecule has 3 aromatic rings. The van der Waals surface area contributed by atoms with Gasteiger partial charge in [-0.05, 0) is 43.7 Å². The van der Waals surface area contributed by atoms with Gasteiger partial charge in [-0.3, -0.25) is 0 Å². The molecule has 1 aromatic heterocycles. The number of aromatic nitrogens is 1. The molecule has 26 heavy (non-hydrogen) atoms. The molecular weight excluding hydrogens is 347 g/mol. The van der Waals surface area contributed by atoms with Crippen LogP contribution in [0.3, 0.4) is 0 Å². The third-order valence-electron chi connectivity index (χ3n) is 3.90. The number of ether oxygens (including phenoxy) is 1. The Labute approximate surface area is 146 Å². The minimum absolute atomic E-state index is 0.0766. The molecule has 0 bridgehead atoms. The minimum atomic E-state index is -4.86. The van der Waals surface area contributed by atoms with Gasteiger partial charge in [0, 0.05) is 10.9 Å². The molecule has 0 saturated carbocycles. The zero-order valence-corrected chi connectivity index (χ0v) is 13.9. The van der Waals surface area contributed by atoms with E-state index in [0.29, 0.717) is 5.69 Å². The first kappa shape index (κ1) is 17.7. The minimum Gasteiger partial charge on any atom is -0.478 e. The molecule has 0 aliphatic carbocycles. The van der Waals surface area contributed by atoms with Crippen LogP contribution < -0.4 is 4.74 Å². The molecule has 0 aliphatic rings. The fraction of sp³-hybridized carbons (Fsp3) is 0.158. The first-order valence-corrected chi connectivity index (χ1v) is 7.65. The molecule has 2 aromatic carbocycles. The van der Waals surface area contributed by atoms with Crippen LogP contribution in [-0.2, 0) is 0 Å². The smallest absolute Gasteiger partial charge is 0.478 e. The van der Waals surface area contributed by atoms with Crippen LogP contribution in [0.4, 0.5) is 13.2 Å². The number of halogens is 3. The molecule has 0 aliphatic heterocycles. The molecule has 1 N–H and O–H groups in total. The van der Waals surface area contributed by atoms with Crippen LogP contribution in [-0.4, -0.2) is 22.4 Å². The molecule has 134 valence electrons. The highest BCUT2D eigenvalue weighted by atomic mass is 19.4. The second kappa shape index (κ2) is 6.33. The zero-order chi connectivity index (χ0) is 19.1. The van der Waals surface area contributed by atoms with Crippen molar-refractivity contribution in [3.8, 4) is 17.0 Å². The van der Waals surface area contributed by atoms with Gasteiger partial charge < -0.3 is 9.84 Å². The van der Waals surface area contributed by atoms with E-state index in [1.165, 1.54) is 12.1 Å². The van der Waals surface area contributed by atoms with Crippen LogP contribution in [0.15, 0.2) is 42.5 Å². The number of fused-ring (bicyclic) bond motifs is 1. The van der Waals surface area contributed by atoms with Crippen molar-refractivity contribution >= 4 is 16.9 Å². The number of carboxylic acid groups (broad SMARTS) is 1. The lowest BCUT2D eigenvalue weighted by Gasteiger charge is -2.12. The molecule has 0 amide bonds. The zero-order valence-electron chi connectivity index (χ0n) is 13.9. The molecule has 0 unspecified atom stereocenters. The molecule has 0 saturated heterocycles. The number of nitrogens with zero attached hydrogens (tertiary/aromatic N) is 1. The number of carboxylic acids is 1. The quantitative estimate of drug-likeness (QED) is 0.704. The van der Waals surface area contributed by atoms with Crippen molar-refractivity contribution in [1.29, 1.82) is 0 Å². The summed E-state index contributed by atoms with van der Waals surface area (Å²) >= 11 is 0. The maximum Gasteiger partial charge on any atom is 0.573 e. The van der Waals surface area contributed by atoms with Gasteiger partial charge >= 0.3 is 12.3 Å². The van der Waals surface area contributed by atoms with Crippen molar-refractivity contribution in [1.82, 2.24) is 4.98 Å². The normalized spacial score (nSPS) is 11.6. The Bertz CT molecular complexity index is 1010. The van der Waals surface area contributed by atoms with Gasteiger partial charge in [0.1, 0.15) is 5.75 Å². The second-order valence-corrected chi connectivity index (χ2v) is 5.91. The van der Waals surface area contributed by atoms with Crippen LogP contribution >= 0.6 is 0 Å². The molecular formula is C19H14F3NO3. The van der Waals surface area contributed by atoms with Gasteiger partial charge in [-0.15, -0.1) is 13.2 Å². The van der Waals surface area contributed by atoms with E-state index in [9.17, 15) is 23.1 Å². The van der Waals surface area contributed by atoms with Gasteiger partial charge in [-0.1, -0.05) is 23.8 Å². The van der Waals surface area contributed by atoms with E-state index in [4.69, 9.17) is 0 Å². The SMILES string of the molecule is Cc1ccc(-c2cc(C(=O)O)c3cc(OC(F)(F)F)ccc3n2)c(C)c1. The van der Waals surface area contributed by atoms with E-state index in [0.717, 1.165) is 28.8 Å². The number of carbonyl (C=O) groups is 1. The molecule has 4 nitrogen and oxygen atoms in total. The standard InChI is InChI=1S/C19H14F3NO3/c1-10-3-5-13(11(2)7-10)17-9-15(18(24)25)14-8-12(26-19(20,21)22)4-6-16(14)23-17/h3-9H,1-2H3,(H,24,25). The lowest BCUT2D eigenvalue weighted by molar-refractivity contribution is -0.274. The van der Waals surface area contributed by atoms with Crippen LogP contribution in [0, 0.1) is 13.8 Å². The van der Waals surface area contributed by atoms with Crippen molar-refractivity contribution in [3.05, 3.63) is 59.2 Å². The number of benzene rings is 2. The molecule has 1 heterocycles. The summed E-state index contributed by atoms with van der Waals surface area (Å²) in [6.45, 7) is 3.82. The summed E-state index contributed by atoms with van der Waals surface area (Å²) in [5.74, 6) is -1.75. The van der Waals surface area contributed by atoms with E-state index >= 15 is 0 Å². The lowest BCUT2D eigenvalue weighted by atomic mass is 9.99. The number of aryl methyl sites for hydroxylation is 2. The fourth-order valence-corrected chi connectivity index (χ4v) is 2.82. The van der Waals surface area contributed by atoms with E-state index < -0.39 is 18.1 Å². The van der Waals surface area contributed by atoms with Crippen molar-refractivity contribution in [2.75, 3.05) is 0 Å². The topological polar surface area (TPSA) is 59.4 Å². The molecule has 0 atom stereocenters. The van der Waals surface area contributed by atoms with E-state index in [1.807, 2.05) is 32.0 Å². The highest BCUT2D eigenvalue weighted by molar-refractivity contribution is 6.04. The summed E-state index contributed by atoms with van der Waals surface area (Å²) in [5, 5.41) is 9.58. The molecule has 3 rings (SSSR count). The van der Waals surface area contributed by atoms with E-state index in [-0.39, 0.29) is 16.5 Å². The van der Waals surface area contributed by atoms with Crippen molar-refractivity contribution in [3.63, 3.8) is 0 Å². The first-order valence-electron chi connectivity index (χ1n) is 7.65. The first-order chi connectivity index (χ1) is 12.1. The molecule has 0 spiro atoms. The third kappa shape index (κ3) is 3.61. The summed E-state index contributed by atoms with van der Waals surface area (Å²) in [6, 6.07) is 10.5. The average molecular weight is 361 g/mol. The summed E-state index contributed by atoms with van der Waals surface area (Å²) < 4.78 is 41.1. The summed E-state index contributed by atoms with van der Waals surface area (Å²) in [6.07, 6.45) is -4.86. The highest BCUT2D eigenvalue weighted by Crippen LogP contribution is 2.31. The number of rotatable bonds is 3. The average Bonchev–Trinajstić information content (AvgIpc) is 2.52. The molecule has 0 radical (unpaired) electrons. The van der Waals surface area contributed by atoms with Crippen LogP contribution in [0.25, 0.3) is 22.2 Å². The van der Waals surface area contributed by atoms with Gasteiger partial charge in [0.25, 0.3) is 0 Å². The highest BCUT2D eigenvalue weighted by Gasteiger charge is 2.31. The summed E-state index contributed by atoms with van der Waals surface area (Å²) in [4.78, 5) is 16.1. The van der Waals surface area contributed by atoms with E-state index in [2.05, 4.69) is 9.72 Å². The van der Waals surface area contributed by atoms with Gasteiger partial charge in [-0.2, -0.15) is 0 Å². The van der Waals surface area contributed by atoms with Gasteiger partial charge in [-0.25, -0.2) is 9.78 Å². The predicted molar refractivity (Wildman–Crippen MR) is 90.3 cm³/mol. The number of aromatic carboxylic acids is 1. The van der Waals surface area contributed by atoms with Crippen molar-refractivity contribution in [2.24, 2.45) is 0 Å². The van der Waals surface area contributed by atoms with Crippen molar-refractivity contribution in [2.45, 2.75) is 20.2 Å². The summed E-state index contributed by atoms with van der Waals surface area (Å²) in [5.41, 5.74) is 3.31. The van der Waals surface area contributed by atoms with E-state index in [1.54, 1.807) is 0 Å². The maximum atomic E-state index is 12.4. The Hall–Kier alpha value is -3.09. The maximum absolute atomic E-state index is 12.4. The number of hydrogen-bond acceptors (Lipinski definition) is 3. The summed E-state index contributed by atoms with van der Waals surface area (Å²) in [7, 11) is 0. The lowest BCUT2D eigenvalue weighted by Crippen LogP contribution is -2.17. The van der Waals surface area contributed by atoms with Crippen LogP contribution in [0.1, 0.15) is 21.5 Å². The third-order valence-corrected chi connectivity index (χ3v) is 3.90. The number of alkyl halides is 3. The molecule has 0 fully saturated rings. The Kier molecular flexibility index (Phi) is 4.31. The fourth-order valence-electron chi connectivity index (χ4n) is 2.82. The second-order valence-electron chi connectivity index (χ2n) is 5.91. The predicted octanol–water partition coefficient (Wildman–Crippen LogP) is 5.12. The van der Waals surface area contributed by atoms with Gasteiger partial charge in [0.15, 0.2) is 0 Å². The number of pyridine rings is 1. The Morgan fingerprint density at radius 1 is 1.08 bits per heavy atom. The Balaban J connectivity index is 2.20.